The largest absolute Gasteiger partial charge is 0.273 e. The Hall–Kier alpha value is -1.74. The van der Waals surface area contributed by atoms with Gasteiger partial charge in [-0.25, -0.2) is 12.8 Å². The Labute approximate surface area is 141 Å². The summed E-state index contributed by atoms with van der Waals surface area (Å²) in [7, 11) is -3.17. The van der Waals surface area contributed by atoms with Crippen molar-refractivity contribution in [2.75, 3.05) is 11.5 Å². The molecule has 1 heterocycles. The molecular weight excluding hydrogens is 391 g/mol. The van der Waals surface area contributed by atoms with Crippen molar-refractivity contribution in [1.29, 1.82) is 0 Å². The minimum Gasteiger partial charge on any atom is -0.273 e. The lowest BCUT2D eigenvalue weighted by molar-refractivity contribution is -0.129. The highest BCUT2D eigenvalue weighted by atomic mass is 79.9. The van der Waals surface area contributed by atoms with E-state index in [2.05, 4.69) is 26.8 Å². The average Bonchev–Trinajstić information content (AvgIpc) is 2.86. The van der Waals surface area contributed by atoms with Crippen molar-refractivity contribution in [2.45, 2.75) is 6.42 Å². The van der Waals surface area contributed by atoms with E-state index in [-0.39, 0.29) is 23.5 Å². The molecule has 0 spiro atoms. The number of benzene rings is 1. The van der Waals surface area contributed by atoms with Gasteiger partial charge in [0.1, 0.15) is 5.82 Å². The zero-order valence-electron chi connectivity index (χ0n) is 11.9. The molecule has 0 saturated carbocycles. The quantitative estimate of drug-likeness (QED) is 0.584. The predicted molar refractivity (Wildman–Crippen MR) is 86.2 cm³/mol. The van der Waals surface area contributed by atoms with Crippen LogP contribution in [0.1, 0.15) is 12.0 Å². The molecule has 2 N–H and O–H groups in total. The van der Waals surface area contributed by atoms with Crippen molar-refractivity contribution in [1.82, 2.24) is 10.9 Å². The number of rotatable bonds is 3. The number of carbonyl (C=O) groups excluding carboxylic acids is 2. The number of hydrogen-bond acceptors (Lipinski definition) is 4. The number of amides is 2. The SMILES string of the molecule is O=C(/C=C/c1cc(Br)ccc1F)NNC(=O)[C@H]1CCS(=O)(=O)C1. The summed E-state index contributed by atoms with van der Waals surface area (Å²) in [5, 5.41) is 0. The Balaban J connectivity index is 1.86. The standard InChI is InChI=1S/C14H14BrFN2O4S/c15-11-2-3-12(16)9(7-11)1-4-13(19)17-18-14(20)10-5-6-23(21,22)8-10/h1-4,7,10H,5-6,8H2,(H,17,19)(H,18,20)/b4-1+/t10-/m0/s1. The van der Waals surface area contributed by atoms with Gasteiger partial charge in [-0.3, -0.25) is 20.4 Å². The molecule has 1 aromatic rings. The van der Waals surface area contributed by atoms with E-state index in [0.29, 0.717) is 4.47 Å². The minimum atomic E-state index is -3.17. The molecule has 1 saturated heterocycles. The van der Waals surface area contributed by atoms with Gasteiger partial charge in [0.05, 0.1) is 17.4 Å². The summed E-state index contributed by atoms with van der Waals surface area (Å²) in [4.78, 5) is 23.3. The summed E-state index contributed by atoms with van der Waals surface area (Å²) >= 11 is 3.19. The molecule has 1 aromatic carbocycles. The molecule has 0 radical (unpaired) electrons. The van der Waals surface area contributed by atoms with Gasteiger partial charge in [-0.15, -0.1) is 0 Å². The van der Waals surface area contributed by atoms with Crippen LogP contribution in [0.2, 0.25) is 0 Å². The molecule has 0 unspecified atom stereocenters. The van der Waals surface area contributed by atoms with Crippen LogP contribution in [0.15, 0.2) is 28.7 Å². The van der Waals surface area contributed by atoms with E-state index >= 15 is 0 Å². The number of sulfone groups is 1. The molecule has 0 aliphatic carbocycles. The molecule has 9 heteroatoms. The number of carbonyl (C=O) groups is 2. The van der Waals surface area contributed by atoms with Crippen molar-refractivity contribution >= 4 is 43.7 Å². The molecule has 1 atom stereocenters. The first-order chi connectivity index (χ1) is 10.8. The Morgan fingerprint density at radius 3 is 2.70 bits per heavy atom. The van der Waals surface area contributed by atoms with Crippen LogP contribution >= 0.6 is 15.9 Å². The normalized spacial score (nSPS) is 19.7. The van der Waals surface area contributed by atoms with Gasteiger partial charge in [0.2, 0.25) is 5.91 Å². The van der Waals surface area contributed by atoms with E-state index in [1.807, 2.05) is 0 Å². The fraction of sp³-hybridized carbons (Fsp3) is 0.286. The lowest BCUT2D eigenvalue weighted by Gasteiger charge is -2.09. The molecule has 6 nitrogen and oxygen atoms in total. The molecule has 0 aromatic heterocycles. The summed E-state index contributed by atoms with van der Waals surface area (Å²) in [6, 6.07) is 4.29. The number of halogens is 2. The fourth-order valence-corrected chi connectivity index (χ4v) is 4.20. The Morgan fingerprint density at radius 1 is 1.30 bits per heavy atom. The lowest BCUT2D eigenvalue weighted by Crippen LogP contribution is -2.44. The molecule has 2 amide bonds. The van der Waals surface area contributed by atoms with Crippen molar-refractivity contribution in [3.63, 3.8) is 0 Å². The van der Waals surface area contributed by atoms with Crippen LogP contribution in [-0.2, 0) is 19.4 Å². The van der Waals surface area contributed by atoms with E-state index < -0.39 is 33.4 Å². The summed E-state index contributed by atoms with van der Waals surface area (Å²) in [5.41, 5.74) is 4.51. The topological polar surface area (TPSA) is 92.3 Å². The molecule has 1 fully saturated rings. The number of hydrazine groups is 1. The molecule has 1 aliphatic rings. The maximum absolute atomic E-state index is 13.5. The zero-order chi connectivity index (χ0) is 17.0. The third kappa shape index (κ3) is 5.14. The van der Waals surface area contributed by atoms with E-state index in [1.54, 1.807) is 0 Å². The van der Waals surface area contributed by atoms with Gasteiger partial charge in [0.25, 0.3) is 5.91 Å². The summed E-state index contributed by atoms with van der Waals surface area (Å²) in [5.74, 6) is -2.60. The molecule has 124 valence electrons. The van der Waals surface area contributed by atoms with E-state index in [1.165, 1.54) is 24.3 Å². The Kier molecular flexibility index (Phi) is 5.53. The van der Waals surface area contributed by atoms with Crippen LogP contribution in [0, 0.1) is 11.7 Å². The maximum atomic E-state index is 13.5. The average molecular weight is 405 g/mol. The second-order valence-corrected chi connectivity index (χ2v) is 8.22. The van der Waals surface area contributed by atoms with Gasteiger partial charge in [-0.2, -0.15) is 0 Å². The Bertz CT molecular complexity index is 764. The third-order valence-electron chi connectivity index (χ3n) is 3.28. The number of hydrogen-bond donors (Lipinski definition) is 2. The molecular formula is C14H14BrFN2O4S. The first-order valence-corrected chi connectivity index (χ1v) is 9.32. The van der Waals surface area contributed by atoms with E-state index in [4.69, 9.17) is 0 Å². The minimum absolute atomic E-state index is 0.0267. The van der Waals surface area contributed by atoms with Crippen LogP contribution in [0.25, 0.3) is 6.08 Å². The predicted octanol–water partition coefficient (Wildman–Crippen LogP) is 1.18. The molecule has 2 rings (SSSR count). The van der Waals surface area contributed by atoms with Crippen LogP contribution in [-0.4, -0.2) is 31.7 Å². The van der Waals surface area contributed by atoms with Crippen LogP contribution in [0.4, 0.5) is 4.39 Å². The first-order valence-electron chi connectivity index (χ1n) is 6.70. The molecule has 1 aliphatic heterocycles. The van der Waals surface area contributed by atoms with Gasteiger partial charge in [0.15, 0.2) is 9.84 Å². The summed E-state index contributed by atoms with van der Waals surface area (Å²) in [6.07, 6.45) is 2.57. The van der Waals surface area contributed by atoms with Crippen molar-refractivity contribution in [3.05, 3.63) is 40.1 Å². The van der Waals surface area contributed by atoms with E-state index in [9.17, 15) is 22.4 Å². The summed E-state index contributed by atoms with van der Waals surface area (Å²) < 4.78 is 36.7. The van der Waals surface area contributed by atoms with Gasteiger partial charge in [0, 0.05) is 16.1 Å². The third-order valence-corrected chi connectivity index (χ3v) is 5.55. The van der Waals surface area contributed by atoms with Gasteiger partial charge in [-0.1, -0.05) is 15.9 Å². The first kappa shape index (κ1) is 17.6. The second-order valence-electron chi connectivity index (χ2n) is 5.08. The van der Waals surface area contributed by atoms with Crippen LogP contribution in [0.3, 0.4) is 0 Å². The van der Waals surface area contributed by atoms with Gasteiger partial charge >= 0.3 is 0 Å². The lowest BCUT2D eigenvalue weighted by atomic mass is 10.1. The monoisotopic (exact) mass is 404 g/mol. The van der Waals surface area contributed by atoms with E-state index in [0.717, 1.165) is 6.08 Å². The zero-order valence-corrected chi connectivity index (χ0v) is 14.3. The van der Waals surface area contributed by atoms with Crippen LogP contribution in [0.5, 0.6) is 0 Å². The summed E-state index contributed by atoms with van der Waals surface area (Å²) in [6.45, 7) is 0. The molecule has 0 bridgehead atoms. The number of nitrogens with one attached hydrogen (secondary N) is 2. The van der Waals surface area contributed by atoms with Crippen molar-refractivity contribution in [3.8, 4) is 0 Å². The van der Waals surface area contributed by atoms with Crippen LogP contribution < -0.4 is 10.9 Å². The highest BCUT2D eigenvalue weighted by Crippen LogP contribution is 2.18. The maximum Gasteiger partial charge on any atom is 0.262 e. The fourth-order valence-electron chi connectivity index (χ4n) is 2.08. The molecule has 23 heavy (non-hydrogen) atoms. The highest BCUT2D eigenvalue weighted by molar-refractivity contribution is 9.10. The van der Waals surface area contributed by atoms with Crippen molar-refractivity contribution < 1.29 is 22.4 Å². The smallest absolute Gasteiger partial charge is 0.262 e. The van der Waals surface area contributed by atoms with Gasteiger partial charge < -0.3 is 0 Å². The van der Waals surface area contributed by atoms with Gasteiger partial charge in [-0.05, 0) is 30.7 Å². The second kappa shape index (κ2) is 7.22. The highest BCUT2D eigenvalue weighted by Gasteiger charge is 2.32. The van der Waals surface area contributed by atoms with Crippen molar-refractivity contribution in [2.24, 2.45) is 5.92 Å². The Morgan fingerprint density at radius 2 is 2.04 bits per heavy atom.